The minimum atomic E-state index is -0.176. The lowest BCUT2D eigenvalue weighted by atomic mass is 9.87. The van der Waals surface area contributed by atoms with Gasteiger partial charge in [-0.25, -0.2) is 4.39 Å². The number of carbonyl (C=O) groups excluding carboxylic acids is 1. The maximum absolute atomic E-state index is 13.9. The maximum Gasteiger partial charge on any atom is 0.253 e. The summed E-state index contributed by atoms with van der Waals surface area (Å²) in [5.74, 6) is 0.669. The predicted octanol–water partition coefficient (Wildman–Crippen LogP) is 5.66. The standard InChI is InChI=1S/C29H33FN2O2/c1-29(2,3)25-11-13-26(14-12-25)34-21-22-7-6-9-23(19-22)28(33)32-17-15-31(16-18-32)20-24-8-4-5-10-27(24)30/h4-14,19H,15-18,20-21H2,1-3H3. The first-order chi connectivity index (χ1) is 16.3. The van der Waals surface area contributed by atoms with Gasteiger partial charge in [-0.15, -0.1) is 0 Å². The first kappa shape index (κ1) is 24.0. The molecule has 1 aliphatic heterocycles. The van der Waals surface area contributed by atoms with Gasteiger partial charge in [-0.1, -0.05) is 63.2 Å². The molecule has 1 heterocycles. The van der Waals surface area contributed by atoms with Crippen LogP contribution in [0.25, 0.3) is 0 Å². The van der Waals surface area contributed by atoms with Gasteiger partial charge >= 0.3 is 0 Å². The molecule has 1 aliphatic rings. The van der Waals surface area contributed by atoms with Crippen LogP contribution in [0, 0.1) is 5.82 Å². The third-order valence-corrected chi connectivity index (χ3v) is 6.31. The topological polar surface area (TPSA) is 32.8 Å². The number of piperazine rings is 1. The Labute approximate surface area is 202 Å². The van der Waals surface area contributed by atoms with Gasteiger partial charge in [0.1, 0.15) is 18.2 Å². The summed E-state index contributed by atoms with van der Waals surface area (Å²) < 4.78 is 19.9. The minimum Gasteiger partial charge on any atom is -0.489 e. The Balaban J connectivity index is 1.31. The number of ether oxygens (including phenoxy) is 1. The Bertz CT molecular complexity index is 1110. The Kier molecular flexibility index (Phi) is 7.32. The summed E-state index contributed by atoms with van der Waals surface area (Å²) in [5, 5.41) is 0. The minimum absolute atomic E-state index is 0.0296. The molecule has 4 nitrogen and oxygen atoms in total. The van der Waals surface area contributed by atoms with Gasteiger partial charge in [-0.05, 0) is 46.9 Å². The molecular formula is C29H33FN2O2. The van der Waals surface area contributed by atoms with Gasteiger partial charge in [0.15, 0.2) is 0 Å². The second kappa shape index (κ2) is 10.4. The average Bonchev–Trinajstić information content (AvgIpc) is 2.84. The Morgan fingerprint density at radius 3 is 2.29 bits per heavy atom. The molecule has 178 valence electrons. The van der Waals surface area contributed by atoms with Crippen LogP contribution in [-0.4, -0.2) is 41.9 Å². The molecular weight excluding hydrogens is 427 g/mol. The van der Waals surface area contributed by atoms with E-state index in [1.54, 1.807) is 6.07 Å². The van der Waals surface area contributed by atoms with Crippen LogP contribution < -0.4 is 4.74 Å². The lowest BCUT2D eigenvalue weighted by Gasteiger charge is -2.35. The maximum atomic E-state index is 13.9. The van der Waals surface area contributed by atoms with Gasteiger partial charge in [0.05, 0.1) is 0 Å². The molecule has 0 bridgehead atoms. The molecule has 3 aromatic carbocycles. The van der Waals surface area contributed by atoms with Gasteiger partial charge in [-0.2, -0.15) is 0 Å². The van der Waals surface area contributed by atoms with Crippen LogP contribution in [0.5, 0.6) is 5.75 Å². The summed E-state index contributed by atoms with van der Waals surface area (Å²) in [4.78, 5) is 17.2. The van der Waals surface area contributed by atoms with Gasteiger partial charge in [-0.3, -0.25) is 9.69 Å². The van der Waals surface area contributed by atoms with Crippen molar-refractivity contribution >= 4 is 5.91 Å². The van der Waals surface area contributed by atoms with Crippen molar-refractivity contribution in [2.75, 3.05) is 26.2 Å². The van der Waals surface area contributed by atoms with Crippen molar-refractivity contribution in [3.63, 3.8) is 0 Å². The van der Waals surface area contributed by atoms with E-state index in [-0.39, 0.29) is 17.1 Å². The fourth-order valence-electron chi connectivity index (χ4n) is 4.17. The summed E-state index contributed by atoms with van der Waals surface area (Å²) in [6, 6.07) is 22.7. The Hall–Kier alpha value is -3.18. The molecule has 5 heteroatoms. The van der Waals surface area contributed by atoms with Crippen LogP contribution in [0.4, 0.5) is 4.39 Å². The number of halogens is 1. The highest BCUT2D eigenvalue weighted by atomic mass is 19.1. The molecule has 1 amide bonds. The van der Waals surface area contributed by atoms with E-state index in [0.29, 0.717) is 37.4 Å². The molecule has 0 aliphatic carbocycles. The number of rotatable bonds is 6. The molecule has 0 unspecified atom stereocenters. The zero-order valence-corrected chi connectivity index (χ0v) is 20.3. The molecule has 0 atom stereocenters. The van der Waals surface area contributed by atoms with Crippen LogP contribution in [0.2, 0.25) is 0 Å². The van der Waals surface area contributed by atoms with Crippen LogP contribution in [0.3, 0.4) is 0 Å². The van der Waals surface area contributed by atoms with E-state index >= 15 is 0 Å². The van der Waals surface area contributed by atoms with Crippen LogP contribution in [-0.2, 0) is 18.6 Å². The first-order valence-corrected chi connectivity index (χ1v) is 11.9. The molecule has 1 saturated heterocycles. The number of hydrogen-bond donors (Lipinski definition) is 0. The fourth-order valence-corrected chi connectivity index (χ4v) is 4.17. The van der Waals surface area contributed by atoms with Crippen molar-refractivity contribution in [1.82, 2.24) is 9.80 Å². The van der Waals surface area contributed by atoms with Gasteiger partial charge in [0.25, 0.3) is 5.91 Å². The summed E-state index contributed by atoms with van der Waals surface area (Å²) in [5.41, 5.74) is 3.70. The summed E-state index contributed by atoms with van der Waals surface area (Å²) in [6.07, 6.45) is 0. The van der Waals surface area contributed by atoms with E-state index in [9.17, 15) is 9.18 Å². The predicted molar refractivity (Wildman–Crippen MR) is 133 cm³/mol. The molecule has 3 aromatic rings. The Morgan fingerprint density at radius 2 is 1.62 bits per heavy atom. The molecule has 1 fully saturated rings. The lowest BCUT2D eigenvalue weighted by molar-refractivity contribution is 0.0627. The number of carbonyl (C=O) groups is 1. The number of amides is 1. The quantitative estimate of drug-likeness (QED) is 0.476. The highest BCUT2D eigenvalue weighted by Crippen LogP contribution is 2.25. The molecule has 0 saturated carbocycles. The van der Waals surface area contributed by atoms with Crippen LogP contribution >= 0.6 is 0 Å². The summed E-state index contributed by atoms with van der Waals surface area (Å²) in [6.45, 7) is 10.3. The van der Waals surface area contributed by atoms with Gasteiger partial charge in [0.2, 0.25) is 0 Å². The Morgan fingerprint density at radius 1 is 0.912 bits per heavy atom. The molecule has 0 aromatic heterocycles. The molecule has 0 N–H and O–H groups in total. The van der Waals surface area contributed by atoms with E-state index in [0.717, 1.165) is 24.4 Å². The third kappa shape index (κ3) is 6.03. The van der Waals surface area contributed by atoms with Gasteiger partial charge < -0.3 is 9.64 Å². The molecule has 0 radical (unpaired) electrons. The third-order valence-electron chi connectivity index (χ3n) is 6.31. The summed E-state index contributed by atoms with van der Waals surface area (Å²) in [7, 11) is 0. The normalized spacial score (nSPS) is 14.8. The second-order valence-electron chi connectivity index (χ2n) is 9.92. The van der Waals surface area contributed by atoms with Crippen LogP contribution in [0.15, 0.2) is 72.8 Å². The number of nitrogens with zero attached hydrogens (tertiary/aromatic N) is 2. The van der Waals surface area contributed by atoms with E-state index in [2.05, 4.69) is 37.8 Å². The van der Waals surface area contributed by atoms with Crippen molar-refractivity contribution in [1.29, 1.82) is 0 Å². The van der Waals surface area contributed by atoms with Crippen molar-refractivity contribution in [2.24, 2.45) is 0 Å². The monoisotopic (exact) mass is 460 g/mol. The highest BCUT2D eigenvalue weighted by molar-refractivity contribution is 5.94. The average molecular weight is 461 g/mol. The zero-order chi connectivity index (χ0) is 24.1. The number of benzene rings is 3. The largest absolute Gasteiger partial charge is 0.489 e. The van der Waals surface area contributed by atoms with Crippen molar-refractivity contribution in [3.05, 3.63) is 101 Å². The second-order valence-corrected chi connectivity index (χ2v) is 9.92. The fraction of sp³-hybridized carbons (Fsp3) is 0.345. The van der Waals surface area contributed by atoms with Crippen LogP contribution in [0.1, 0.15) is 47.8 Å². The van der Waals surface area contributed by atoms with E-state index in [4.69, 9.17) is 4.74 Å². The highest BCUT2D eigenvalue weighted by Gasteiger charge is 2.23. The van der Waals surface area contributed by atoms with Crippen molar-refractivity contribution in [3.8, 4) is 5.75 Å². The van der Waals surface area contributed by atoms with E-state index < -0.39 is 0 Å². The zero-order valence-electron chi connectivity index (χ0n) is 20.3. The molecule has 34 heavy (non-hydrogen) atoms. The number of hydrogen-bond acceptors (Lipinski definition) is 3. The molecule has 4 rings (SSSR count). The van der Waals surface area contributed by atoms with Gasteiger partial charge in [0, 0.05) is 43.9 Å². The SMILES string of the molecule is CC(C)(C)c1ccc(OCc2cccc(C(=O)N3CCN(Cc4ccccc4F)CC3)c2)cc1. The summed E-state index contributed by atoms with van der Waals surface area (Å²) >= 11 is 0. The van der Waals surface area contributed by atoms with Crippen molar-refractivity contribution in [2.45, 2.75) is 39.3 Å². The molecule has 0 spiro atoms. The lowest BCUT2D eigenvalue weighted by Crippen LogP contribution is -2.48. The van der Waals surface area contributed by atoms with E-state index in [1.807, 2.05) is 53.4 Å². The smallest absolute Gasteiger partial charge is 0.253 e. The first-order valence-electron chi connectivity index (χ1n) is 11.9. The van der Waals surface area contributed by atoms with E-state index in [1.165, 1.54) is 11.6 Å². The van der Waals surface area contributed by atoms with Crippen molar-refractivity contribution < 1.29 is 13.9 Å².